The molecule has 0 fully saturated rings. The Bertz CT molecular complexity index is 566. The van der Waals surface area contributed by atoms with Crippen LogP contribution in [0.15, 0.2) is 47.1 Å². The molecule has 18 heavy (non-hydrogen) atoms. The first-order valence-electron chi connectivity index (χ1n) is 5.85. The summed E-state index contributed by atoms with van der Waals surface area (Å²) >= 11 is 0. The lowest BCUT2D eigenvalue weighted by molar-refractivity contribution is -0.424. The number of hydrogen-bond donors (Lipinski definition) is 0. The highest BCUT2D eigenvalue weighted by Gasteiger charge is 2.40. The smallest absolute Gasteiger partial charge is 0.308 e. The van der Waals surface area contributed by atoms with Crippen LogP contribution in [0.2, 0.25) is 0 Å². The van der Waals surface area contributed by atoms with Gasteiger partial charge in [0, 0.05) is 5.57 Å². The normalized spacial score (nSPS) is 25.8. The van der Waals surface area contributed by atoms with E-state index < -0.39 is 4.92 Å². The van der Waals surface area contributed by atoms with Crippen molar-refractivity contribution in [3.05, 3.63) is 57.2 Å². The topological polar surface area (TPSA) is 69.4 Å². The molecule has 0 bridgehead atoms. The summed E-state index contributed by atoms with van der Waals surface area (Å²) in [7, 11) is 0. The molecular formula is C13H11NO4. The number of nitrogens with zero attached hydrogens (tertiary/aromatic N) is 1. The predicted molar refractivity (Wildman–Crippen MR) is 62.8 cm³/mol. The molecule has 1 aliphatic heterocycles. The van der Waals surface area contributed by atoms with Gasteiger partial charge in [-0.1, -0.05) is 12.2 Å². The van der Waals surface area contributed by atoms with E-state index in [2.05, 4.69) is 0 Å². The summed E-state index contributed by atoms with van der Waals surface area (Å²) in [5.41, 5.74) is 0.389. The second-order valence-electron chi connectivity index (χ2n) is 4.44. The van der Waals surface area contributed by atoms with Crippen LogP contribution in [0, 0.1) is 16.0 Å². The van der Waals surface area contributed by atoms with Crippen LogP contribution in [0.25, 0.3) is 0 Å². The third-order valence-electron chi connectivity index (χ3n) is 3.38. The van der Waals surface area contributed by atoms with Crippen LogP contribution < -0.4 is 0 Å². The Labute approximate surface area is 103 Å². The number of carbonyl (C=O) groups is 1. The Morgan fingerprint density at radius 3 is 3.06 bits per heavy atom. The van der Waals surface area contributed by atoms with Crippen LogP contribution in [0.1, 0.15) is 19.3 Å². The highest BCUT2D eigenvalue weighted by molar-refractivity contribution is 6.01. The van der Waals surface area contributed by atoms with Crippen molar-refractivity contribution in [1.82, 2.24) is 0 Å². The number of rotatable bonds is 1. The molecule has 92 valence electrons. The van der Waals surface area contributed by atoms with Crippen molar-refractivity contribution in [3.8, 4) is 0 Å². The van der Waals surface area contributed by atoms with Crippen LogP contribution in [0.3, 0.4) is 0 Å². The highest BCUT2D eigenvalue weighted by atomic mass is 16.6. The van der Waals surface area contributed by atoms with E-state index in [0.29, 0.717) is 30.6 Å². The average Bonchev–Trinajstić information content (AvgIpc) is 2.38. The van der Waals surface area contributed by atoms with Crippen molar-refractivity contribution >= 4 is 5.78 Å². The molecule has 1 unspecified atom stereocenters. The van der Waals surface area contributed by atoms with Crippen molar-refractivity contribution in [2.24, 2.45) is 5.92 Å². The fourth-order valence-corrected chi connectivity index (χ4v) is 2.50. The van der Waals surface area contributed by atoms with Gasteiger partial charge in [-0.05, 0) is 31.4 Å². The fraction of sp³-hybridized carbons (Fsp3) is 0.308. The molecule has 0 saturated heterocycles. The Morgan fingerprint density at radius 1 is 1.44 bits per heavy atom. The van der Waals surface area contributed by atoms with Crippen LogP contribution >= 0.6 is 0 Å². The Hall–Kier alpha value is -2.17. The number of fused-ring (bicyclic) bond motifs is 1. The highest BCUT2D eigenvalue weighted by Crippen LogP contribution is 2.39. The minimum Gasteiger partial charge on any atom is -0.453 e. The molecule has 0 saturated carbocycles. The second kappa shape index (κ2) is 3.94. The van der Waals surface area contributed by atoms with Crippen molar-refractivity contribution in [1.29, 1.82) is 0 Å². The van der Waals surface area contributed by atoms with Gasteiger partial charge < -0.3 is 4.74 Å². The minimum atomic E-state index is -0.485. The van der Waals surface area contributed by atoms with Gasteiger partial charge in [0.15, 0.2) is 5.78 Å². The Morgan fingerprint density at radius 2 is 2.28 bits per heavy atom. The van der Waals surface area contributed by atoms with Crippen molar-refractivity contribution in [2.45, 2.75) is 19.3 Å². The van der Waals surface area contributed by atoms with Crippen LogP contribution in [-0.4, -0.2) is 10.7 Å². The SMILES string of the molecule is O=C1C2=C(OC3=CC=CCC13)C([N+](=O)[O-])=CCC2. The summed E-state index contributed by atoms with van der Waals surface area (Å²) in [6.45, 7) is 0. The number of nitro groups is 1. The van der Waals surface area contributed by atoms with Gasteiger partial charge in [0.2, 0.25) is 5.76 Å². The van der Waals surface area contributed by atoms with Crippen molar-refractivity contribution in [3.63, 3.8) is 0 Å². The molecule has 0 amide bonds. The van der Waals surface area contributed by atoms with E-state index in [4.69, 9.17) is 4.74 Å². The van der Waals surface area contributed by atoms with Gasteiger partial charge in [-0.3, -0.25) is 14.9 Å². The maximum absolute atomic E-state index is 12.3. The Kier molecular flexibility index (Phi) is 2.40. The molecule has 0 radical (unpaired) electrons. The van der Waals surface area contributed by atoms with Gasteiger partial charge >= 0.3 is 5.70 Å². The first kappa shape index (κ1) is 11.0. The molecule has 1 heterocycles. The molecule has 3 rings (SSSR count). The van der Waals surface area contributed by atoms with Gasteiger partial charge in [-0.15, -0.1) is 0 Å². The maximum atomic E-state index is 12.3. The van der Waals surface area contributed by atoms with E-state index in [0.717, 1.165) is 0 Å². The van der Waals surface area contributed by atoms with E-state index in [1.54, 1.807) is 6.08 Å². The molecule has 0 spiro atoms. The number of allylic oxidation sites excluding steroid dienone is 6. The molecule has 5 heteroatoms. The van der Waals surface area contributed by atoms with E-state index in [1.807, 2.05) is 12.2 Å². The maximum Gasteiger partial charge on any atom is 0.308 e. The zero-order chi connectivity index (χ0) is 12.7. The molecule has 2 aliphatic carbocycles. The van der Waals surface area contributed by atoms with E-state index in [9.17, 15) is 14.9 Å². The molecule has 0 aromatic heterocycles. The third kappa shape index (κ3) is 1.51. The van der Waals surface area contributed by atoms with Crippen LogP contribution in [0.4, 0.5) is 0 Å². The summed E-state index contributed by atoms with van der Waals surface area (Å²) in [6, 6.07) is 0. The molecule has 0 aromatic carbocycles. The minimum absolute atomic E-state index is 0.0284. The lowest BCUT2D eigenvalue weighted by Crippen LogP contribution is -2.30. The predicted octanol–water partition coefficient (Wildman–Crippen LogP) is 2.25. The summed E-state index contributed by atoms with van der Waals surface area (Å²) in [5, 5.41) is 11.0. The van der Waals surface area contributed by atoms with Crippen LogP contribution in [0.5, 0.6) is 0 Å². The fourth-order valence-electron chi connectivity index (χ4n) is 2.50. The van der Waals surface area contributed by atoms with Gasteiger partial charge in [-0.2, -0.15) is 0 Å². The summed E-state index contributed by atoms with van der Waals surface area (Å²) in [6.07, 6.45) is 8.61. The molecule has 0 N–H and O–H groups in total. The molecular weight excluding hydrogens is 234 g/mol. The van der Waals surface area contributed by atoms with Crippen molar-refractivity contribution in [2.75, 3.05) is 0 Å². The average molecular weight is 245 g/mol. The van der Waals surface area contributed by atoms with Crippen molar-refractivity contribution < 1.29 is 14.5 Å². The lowest BCUT2D eigenvalue weighted by atomic mass is 9.83. The molecule has 0 aromatic rings. The molecule has 5 nitrogen and oxygen atoms in total. The van der Waals surface area contributed by atoms with Crippen LogP contribution in [-0.2, 0) is 9.53 Å². The zero-order valence-electron chi connectivity index (χ0n) is 9.59. The molecule has 1 atom stereocenters. The Balaban J connectivity index is 2.08. The van der Waals surface area contributed by atoms with E-state index in [1.165, 1.54) is 6.08 Å². The number of Topliss-reactive ketones (excluding diaryl/α,β-unsaturated/α-hetero) is 1. The van der Waals surface area contributed by atoms with Gasteiger partial charge in [0.05, 0.1) is 10.8 Å². The van der Waals surface area contributed by atoms with Gasteiger partial charge in [-0.25, -0.2) is 0 Å². The summed E-state index contributed by atoms with van der Waals surface area (Å²) in [4.78, 5) is 22.8. The van der Waals surface area contributed by atoms with E-state index in [-0.39, 0.29) is 23.2 Å². The van der Waals surface area contributed by atoms with Gasteiger partial charge in [0.25, 0.3) is 0 Å². The third-order valence-corrected chi connectivity index (χ3v) is 3.38. The quantitative estimate of drug-likeness (QED) is 0.524. The number of ketones is 1. The summed E-state index contributed by atoms with van der Waals surface area (Å²) in [5.74, 6) is 0.351. The lowest BCUT2D eigenvalue weighted by Gasteiger charge is -2.29. The number of hydrogen-bond acceptors (Lipinski definition) is 4. The largest absolute Gasteiger partial charge is 0.453 e. The molecule has 3 aliphatic rings. The summed E-state index contributed by atoms with van der Waals surface area (Å²) < 4.78 is 5.60. The monoisotopic (exact) mass is 245 g/mol. The second-order valence-corrected chi connectivity index (χ2v) is 4.44. The standard InChI is InChI=1S/C13H11NO4/c15-12-8-4-1-2-7-11(8)18-13-9(12)5-3-6-10(13)14(16)17/h1-2,6-8H,3-5H2. The zero-order valence-corrected chi connectivity index (χ0v) is 9.59. The number of carbonyl (C=O) groups excluding carboxylic acids is 1. The van der Waals surface area contributed by atoms with Gasteiger partial charge in [0.1, 0.15) is 5.76 Å². The first-order chi connectivity index (χ1) is 8.68. The van der Waals surface area contributed by atoms with E-state index >= 15 is 0 Å². The number of ether oxygens (including phenoxy) is 1. The first-order valence-corrected chi connectivity index (χ1v) is 5.85.